The molecule has 0 aromatic heterocycles. The summed E-state index contributed by atoms with van der Waals surface area (Å²) in [6.45, 7) is 0. The zero-order valence-electron chi connectivity index (χ0n) is 20.9. The molecule has 9 nitrogen and oxygen atoms in total. The second-order valence-electron chi connectivity index (χ2n) is 7.72. The maximum Gasteiger partial charge on any atom is 0.280 e. The van der Waals surface area contributed by atoms with Gasteiger partial charge in [-0.1, -0.05) is 36.4 Å². The van der Waals surface area contributed by atoms with Gasteiger partial charge in [-0.15, -0.1) is 0 Å². The third-order valence-electron chi connectivity index (χ3n) is 5.60. The number of methoxy groups -OCH3 is 4. The third kappa shape index (κ3) is 6.07. The molecule has 0 spiro atoms. The first-order valence-corrected chi connectivity index (χ1v) is 11.2. The SMILES string of the molecule is COc1ccc(/C=C\c2cc(OC)c(OC)c(OC)c2)c(C/C=C\C(=O)c2ccccc2[N+](=O)[O-])c1O. The Kier molecular flexibility index (Phi) is 8.88. The Hall–Kier alpha value is -4.79. The molecule has 0 fully saturated rings. The lowest BCUT2D eigenvalue weighted by molar-refractivity contribution is -0.385. The van der Waals surface area contributed by atoms with E-state index in [9.17, 15) is 20.0 Å². The zero-order valence-corrected chi connectivity index (χ0v) is 20.9. The van der Waals surface area contributed by atoms with Gasteiger partial charge in [0.1, 0.15) is 0 Å². The van der Waals surface area contributed by atoms with E-state index < -0.39 is 10.7 Å². The van der Waals surface area contributed by atoms with Crippen molar-refractivity contribution in [3.8, 4) is 28.7 Å². The van der Waals surface area contributed by atoms with E-state index in [1.807, 2.05) is 6.08 Å². The Bertz CT molecular complexity index is 1340. The van der Waals surface area contributed by atoms with Crippen LogP contribution in [0.5, 0.6) is 28.7 Å². The molecule has 0 unspecified atom stereocenters. The fourth-order valence-corrected chi connectivity index (χ4v) is 3.76. The van der Waals surface area contributed by atoms with E-state index in [2.05, 4.69) is 0 Å². The molecule has 0 aliphatic rings. The number of benzene rings is 3. The van der Waals surface area contributed by atoms with Crippen molar-refractivity contribution in [3.05, 3.63) is 93.1 Å². The fraction of sp³-hybridized carbons (Fsp3) is 0.179. The molecule has 0 aliphatic heterocycles. The van der Waals surface area contributed by atoms with Gasteiger partial charge in [-0.05, 0) is 47.9 Å². The maximum absolute atomic E-state index is 12.6. The maximum atomic E-state index is 12.6. The molecule has 0 atom stereocenters. The van der Waals surface area contributed by atoms with E-state index in [1.54, 1.807) is 42.5 Å². The molecular formula is C28H27NO8. The van der Waals surface area contributed by atoms with E-state index in [1.165, 1.54) is 52.7 Å². The Morgan fingerprint density at radius 3 is 2.16 bits per heavy atom. The number of ether oxygens (including phenoxy) is 4. The van der Waals surface area contributed by atoms with Crippen LogP contribution in [0.25, 0.3) is 12.2 Å². The normalized spacial score (nSPS) is 11.0. The van der Waals surface area contributed by atoms with Gasteiger partial charge in [0.25, 0.3) is 5.69 Å². The summed E-state index contributed by atoms with van der Waals surface area (Å²) in [5.41, 5.74) is 1.67. The number of nitro groups is 1. The summed E-state index contributed by atoms with van der Waals surface area (Å²) in [6.07, 6.45) is 6.59. The van der Waals surface area contributed by atoms with Crippen LogP contribution in [0, 0.1) is 10.1 Å². The number of ketones is 1. The lowest BCUT2D eigenvalue weighted by Crippen LogP contribution is -2.01. The molecule has 0 saturated carbocycles. The van der Waals surface area contributed by atoms with Crippen LogP contribution in [0.3, 0.4) is 0 Å². The van der Waals surface area contributed by atoms with Gasteiger partial charge in [0, 0.05) is 11.6 Å². The number of allylic oxidation sites excluding steroid dienone is 2. The highest BCUT2D eigenvalue weighted by Gasteiger charge is 2.17. The summed E-state index contributed by atoms with van der Waals surface area (Å²) >= 11 is 0. The minimum atomic E-state index is -0.596. The standard InChI is InChI=1S/C28H27NO8/c1-34-24-15-14-19(13-12-18-16-25(35-2)28(37-4)26(17-18)36-3)20(27(24)31)9-7-11-23(30)21-8-5-6-10-22(21)29(32)33/h5-8,10-17,31H,9H2,1-4H3/b11-7-,13-12-. The van der Waals surface area contributed by atoms with Gasteiger partial charge in [-0.3, -0.25) is 14.9 Å². The van der Waals surface area contributed by atoms with Gasteiger partial charge in [0.2, 0.25) is 5.75 Å². The van der Waals surface area contributed by atoms with Crippen molar-refractivity contribution in [1.29, 1.82) is 0 Å². The van der Waals surface area contributed by atoms with Crippen molar-refractivity contribution >= 4 is 23.6 Å². The average Bonchev–Trinajstić information content (AvgIpc) is 2.92. The molecule has 0 amide bonds. The van der Waals surface area contributed by atoms with Gasteiger partial charge in [-0.2, -0.15) is 0 Å². The first-order valence-electron chi connectivity index (χ1n) is 11.2. The highest BCUT2D eigenvalue weighted by atomic mass is 16.6. The van der Waals surface area contributed by atoms with E-state index in [0.717, 1.165) is 5.56 Å². The van der Waals surface area contributed by atoms with Gasteiger partial charge < -0.3 is 24.1 Å². The molecule has 9 heteroatoms. The first-order chi connectivity index (χ1) is 17.8. The number of carbonyl (C=O) groups is 1. The fourth-order valence-electron chi connectivity index (χ4n) is 3.76. The third-order valence-corrected chi connectivity index (χ3v) is 5.60. The van der Waals surface area contributed by atoms with Crippen molar-refractivity contribution in [2.75, 3.05) is 28.4 Å². The molecule has 0 aliphatic carbocycles. The minimum absolute atomic E-state index is 0.0128. The molecule has 3 aromatic carbocycles. The Morgan fingerprint density at radius 1 is 0.919 bits per heavy atom. The van der Waals surface area contributed by atoms with E-state index in [-0.39, 0.29) is 29.2 Å². The summed E-state index contributed by atoms with van der Waals surface area (Å²) < 4.78 is 21.4. The summed E-state index contributed by atoms with van der Waals surface area (Å²) in [6, 6.07) is 12.7. The Morgan fingerprint density at radius 2 is 1.57 bits per heavy atom. The quantitative estimate of drug-likeness (QED) is 0.120. The van der Waals surface area contributed by atoms with E-state index >= 15 is 0 Å². The number of hydrogen-bond donors (Lipinski definition) is 1. The largest absolute Gasteiger partial charge is 0.504 e. The van der Waals surface area contributed by atoms with Crippen molar-refractivity contribution in [3.63, 3.8) is 0 Å². The number of aromatic hydroxyl groups is 1. The van der Waals surface area contributed by atoms with Crippen molar-refractivity contribution in [1.82, 2.24) is 0 Å². The highest BCUT2D eigenvalue weighted by Crippen LogP contribution is 2.39. The molecule has 0 saturated heterocycles. The molecular weight excluding hydrogens is 478 g/mol. The number of phenols is 1. The number of phenolic OH excluding ortho intramolecular Hbond substituents is 1. The van der Waals surface area contributed by atoms with Crippen molar-refractivity contribution in [2.45, 2.75) is 6.42 Å². The van der Waals surface area contributed by atoms with Gasteiger partial charge >= 0.3 is 0 Å². The molecule has 1 N–H and O–H groups in total. The predicted molar refractivity (Wildman–Crippen MR) is 140 cm³/mol. The minimum Gasteiger partial charge on any atom is -0.504 e. The Balaban J connectivity index is 1.93. The van der Waals surface area contributed by atoms with E-state index in [4.69, 9.17) is 18.9 Å². The number of hydrogen-bond acceptors (Lipinski definition) is 8. The molecule has 37 heavy (non-hydrogen) atoms. The summed E-state index contributed by atoms with van der Waals surface area (Å²) in [5.74, 6) is 1.16. The van der Waals surface area contributed by atoms with E-state index in [0.29, 0.717) is 28.4 Å². The molecule has 192 valence electrons. The average molecular weight is 506 g/mol. The van der Waals surface area contributed by atoms with Crippen LogP contribution < -0.4 is 18.9 Å². The second kappa shape index (κ2) is 12.3. The summed E-state index contributed by atoms with van der Waals surface area (Å²) in [4.78, 5) is 23.3. The monoisotopic (exact) mass is 505 g/mol. The Labute approximate surface area is 214 Å². The van der Waals surface area contributed by atoms with Crippen LogP contribution in [-0.2, 0) is 6.42 Å². The number of carbonyl (C=O) groups excluding carboxylic acids is 1. The van der Waals surface area contributed by atoms with Gasteiger partial charge in [0.05, 0.1) is 38.9 Å². The van der Waals surface area contributed by atoms with Crippen molar-refractivity contribution < 1.29 is 33.8 Å². The number of para-hydroxylation sites is 1. The summed E-state index contributed by atoms with van der Waals surface area (Å²) in [7, 11) is 6.03. The topological polar surface area (TPSA) is 117 Å². The highest BCUT2D eigenvalue weighted by molar-refractivity contribution is 6.07. The van der Waals surface area contributed by atoms with Gasteiger partial charge in [-0.25, -0.2) is 0 Å². The van der Waals surface area contributed by atoms with Crippen LogP contribution >= 0.6 is 0 Å². The molecule has 3 rings (SSSR count). The summed E-state index contributed by atoms with van der Waals surface area (Å²) in [5, 5.41) is 22.0. The predicted octanol–water partition coefficient (Wildman–Crippen LogP) is 5.49. The lowest BCUT2D eigenvalue weighted by Gasteiger charge is -2.13. The molecule has 0 heterocycles. The van der Waals surface area contributed by atoms with Crippen LogP contribution in [0.2, 0.25) is 0 Å². The van der Waals surface area contributed by atoms with Crippen LogP contribution in [-0.4, -0.2) is 44.3 Å². The second-order valence-corrected chi connectivity index (χ2v) is 7.72. The molecule has 3 aromatic rings. The van der Waals surface area contributed by atoms with Crippen molar-refractivity contribution in [2.24, 2.45) is 0 Å². The molecule has 0 radical (unpaired) electrons. The van der Waals surface area contributed by atoms with Crippen LogP contribution in [0.1, 0.15) is 27.0 Å². The smallest absolute Gasteiger partial charge is 0.280 e. The number of rotatable bonds is 11. The molecule has 0 bridgehead atoms. The van der Waals surface area contributed by atoms with Gasteiger partial charge in [0.15, 0.2) is 28.8 Å². The lowest BCUT2D eigenvalue weighted by atomic mass is 10.00. The number of nitro benzene ring substituents is 1. The zero-order chi connectivity index (χ0) is 26.9. The number of nitrogens with zero attached hydrogens (tertiary/aromatic N) is 1. The first kappa shape index (κ1) is 26.8. The van der Waals surface area contributed by atoms with Crippen LogP contribution in [0.15, 0.2) is 60.7 Å². The van der Waals surface area contributed by atoms with Crippen LogP contribution in [0.4, 0.5) is 5.69 Å².